The number of hydrogen-bond acceptors (Lipinski definition) is 4. The average Bonchev–Trinajstić information content (AvgIpc) is 2.54. The van der Waals surface area contributed by atoms with Gasteiger partial charge in [0.2, 0.25) is 11.2 Å². The normalized spacial score (nSPS) is 18.2. The van der Waals surface area contributed by atoms with Gasteiger partial charge in [-0.2, -0.15) is 4.98 Å². The van der Waals surface area contributed by atoms with Crippen LogP contribution in [0.1, 0.15) is 0 Å². The number of hydrogen-bond donors (Lipinski definition) is 2. The fourth-order valence-electron chi connectivity index (χ4n) is 1.24. The van der Waals surface area contributed by atoms with Crippen LogP contribution in [0.2, 0.25) is 5.28 Å². The summed E-state index contributed by atoms with van der Waals surface area (Å²) in [5.41, 5.74) is 0. The lowest BCUT2D eigenvalue weighted by Crippen LogP contribution is -2.44. The van der Waals surface area contributed by atoms with E-state index in [1.54, 1.807) is 0 Å². The van der Waals surface area contributed by atoms with Crippen molar-refractivity contribution in [2.24, 2.45) is 0 Å². The molecule has 0 amide bonds. The Morgan fingerprint density at radius 2 is 2.08 bits per heavy atom. The zero-order valence-corrected chi connectivity index (χ0v) is 7.30. The van der Waals surface area contributed by atoms with Crippen LogP contribution in [0.5, 0.6) is 0 Å². The summed E-state index contributed by atoms with van der Waals surface area (Å²) >= 11 is 5.61. The van der Waals surface area contributed by atoms with Gasteiger partial charge < -0.3 is 10.2 Å². The van der Waals surface area contributed by atoms with Crippen LogP contribution in [-0.4, -0.2) is 41.4 Å². The molecular weight excluding hydrogens is 178 g/mol. The van der Waals surface area contributed by atoms with E-state index in [4.69, 9.17) is 11.6 Å². The molecule has 1 aromatic rings. The molecule has 6 heteroatoms. The van der Waals surface area contributed by atoms with Crippen molar-refractivity contribution in [3.05, 3.63) is 5.28 Å². The molecule has 0 aromatic carbocycles. The third-order valence-corrected chi connectivity index (χ3v) is 2.02. The minimum absolute atomic E-state index is 0.350. The van der Waals surface area contributed by atoms with E-state index < -0.39 is 0 Å². The maximum atomic E-state index is 5.61. The Kier molecular flexibility index (Phi) is 2.14. The maximum absolute atomic E-state index is 5.61. The highest BCUT2D eigenvalue weighted by Gasteiger charge is 2.13. The first-order valence-electron chi connectivity index (χ1n) is 3.90. The molecule has 2 rings (SSSR count). The third-order valence-electron chi connectivity index (χ3n) is 1.85. The van der Waals surface area contributed by atoms with Crippen molar-refractivity contribution in [1.82, 2.24) is 20.5 Å². The molecule has 5 nitrogen and oxygen atoms in total. The molecule has 2 heterocycles. The molecule has 0 bridgehead atoms. The predicted octanol–water partition coefficient (Wildman–Crippen LogP) is -0.132. The van der Waals surface area contributed by atoms with Gasteiger partial charge in [0.25, 0.3) is 0 Å². The molecule has 0 spiro atoms. The Labute approximate surface area is 75.1 Å². The van der Waals surface area contributed by atoms with Gasteiger partial charge in [-0.15, -0.1) is 5.10 Å². The molecule has 0 atom stereocenters. The van der Waals surface area contributed by atoms with Crippen LogP contribution in [0, 0.1) is 0 Å². The summed E-state index contributed by atoms with van der Waals surface area (Å²) < 4.78 is 0. The summed E-state index contributed by atoms with van der Waals surface area (Å²) in [7, 11) is 0. The van der Waals surface area contributed by atoms with Gasteiger partial charge in [-0.3, -0.25) is 0 Å². The molecule has 0 saturated carbocycles. The Morgan fingerprint density at radius 3 is 2.67 bits per heavy atom. The first-order chi connectivity index (χ1) is 5.86. The fourth-order valence-corrected chi connectivity index (χ4v) is 1.36. The molecule has 2 N–H and O–H groups in total. The van der Waals surface area contributed by atoms with Gasteiger partial charge in [0, 0.05) is 26.2 Å². The van der Waals surface area contributed by atoms with Crippen LogP contribution >= 0.6 is 11.6 Å². The van der Waals surface area contributed by atoms with Gasteiger partial charge in [-0.1, -0.05) is 0 Å². The quantitative estimate of drug-likeness (QED) is 0.643. The van der Waals surface area contributed by atoms with Crippen molar-refractivity contribution < 1.29 is 0 Å². The Bertz CT molecular complexity index is 254. The molecule has 0 aliphatic carbocycles. The summed E-state index contributed by atoms with van der Waals surface area (Å²) in [6, 6.07) is 0. The highest BCUT2D eigenvalue weighted by molar-refractivity contribution is 6.28. The van der Waals surface area contributed by atoms with Gasteiger partial charge in [-0.25, -0.2) is 5.10 Å². The zero-order valence-electron chi connectivity index (χ0n) is 6.55. The zero-order chi connectivity index (χ0) is 8.39. The summed E-state index contributed by atoms with van der Waals surface area (Å²) in [6.45, 7) is 3.83. The number of aromatic amines is 1. The van der Waals surface area contributed by atoms with Crippen LogP contribution in [0.15, 0.2) is 0 Å². The van der Waals surface area contributed by atoms with E-state index in [9.17, 15) is 0 Å². The molecule has 1 saturated heterocycles. The lowest BCUT2D eigenvalue weighted by atomic mass is 10.4. The predicted molar refractivity (Wildman–Crippen MR) is 46.5 cm³/mol. The van der Waals surface area contributed by atoms with Gasteiger partial charge >= 0.3 is 0 Å². The van der Waals surface area contributed by atoms with Crippen molar-refractivity contribution in [3.63, 3.8) is 0 Å². The fraction of sp³-hybridized carbons (Fsp3) is 0.667. The lowest BCUT2D eigenvalue weighted by molar-refractivity contribution is 0.580. The van der Waals surface area contributed by atoms with Gasteiger partial charge in [0.15, 0.2) is 0 Å². The number of aromatic nitrogens is 3. The molecule has 1 aliphatic rings. The third kappa shape index (κ3) is 1.51. The summed E-state index contributed by atoms with van der Waals surface area (Å²) in [6.07, 6.45) is 0. The molecular formula is C6H10ClN5. The molecule has 0 unspecified atom stereocenters. The monoisotopic (exact) mass is 187 g/mol. The van der Waals surface area contributed by atoms with E-state index in [0.717, 1.165) is 26.2 Å². The maximum Gasteiger partial charge on any atom is 0.245 e. The van der Waals surface area contributed by atoms with Crippen molar-refractivity contribution in [2.75, 3.05) is 31.1 Å². The molecule has 12 heavy (non-hydrogen) atoms. The van der Waals surface area contributed by atoms with Crippen LogP contribution in [0.4, 0.5) is 5.95 Å². The second kappa shape index (κ2) is 3.28. The number of halogens is 1. The molecule has 1 fully saturated rings. The van der Waals surface area contributed by atoms with Crippen molar-refractivity contribution in [1.29, 1.82) is 0 Å². The van der Waals surface area contributed by atoms with Crippen molar-refractivity contribution in [2.45, 2.75) is 0 Å². The van der Waals surface area contributed by atoms with Crippen LogP contribution in [0.3, 0.4) is 0 Å². The highest BCUT2D eigenvalue weighted by Crippen LogP contribution is 2.09. The minimum atomic E-state index is 0.350. The number of rotatable bonds is 1. The SMILES string of the molecule is Clc1nc(N2CCNCC2)n[nH]1. The van der Waals surface area contributed by atoms with Crippen molar-refractivity contribution in [3.8, 4) is 0 Å². The standard InChI is InChI=1S/C6H10ClN5/c7-5-9-6(11-10-5)12-3-1-8-2-4-12/h8H,1-4H2,(H,9,10,11). The van der Waals surface area contributed by atoms with E-state index >= 15 is 0 Å². The molecule has 1 aromatic heterocycles. The number of H-pyrrole nitrogens is 1. The van der Waals surface area contributed by atoms with E-state index in [1.807, 2.05) is 0 Å². The Balaban J connectivity index is 2.08. The van der Waals surface area contributed by atoms with Gasteiger partial charge in [0.1, 0.15) is 0 Å². The van der Waals surface area contributed by atoms with E-state index in [2.05, 4.69) is 25.4 Å². The molecule has 1 aliphatic heterocycles. The van der Waals surface area contributed by atoms with E-state index in [-0.39, 0.29) is 0 Å². The van der Waals surface area contributed by atoms with Gasteiger partial charge in [-0.05, 0) is 11.6 Å². The Morgan fingerprint density at radius 1 is 1.33 bits per heavy atom. The number of nitrogens with zero attached hydrogens (tertiary/aromatic N) is 3. The number of nitrogens with one attached hydrogen (secondary N) is 2. The summed E-state index contributed by atoms with van der Waals surface area (Å²) in [4.78, 5) is 6.13. The highest BCUT2D eigenvalue weighted by atomic mass is 35.5. The molecule has 66 valence electrons. The van der Waals surface area contributed by atoms with E-state index in [1.165, 1.54) is 0 Å². The topological polar surface area (TPSA) is 56.8 Å². The van der Waals surface area contributed by atoms with Gasteiger partial charge in [0.05, 0.1) is 0 Å². The van der Waals surface area contributed by atoms with Crippen LogP contribution in [0.25, 0.3) is 0 Å². The number of anilines is 1. The molecule has 0 radical (unpaired) electrons. The smallest absolute Gasteiger partial charge is 0.245 e. The van der Waals surface area contributed by atoms with Crippen LogP contribution in [-0.2, 0) is 0 Å². The minimum Gasteiger partial charge on any atom is -0.337 e. The van der Waals surface area contributed by atoms with Crippen molar-refractivity contribution >= 4 is 17.5 Å². The second-order valence-electron chi connectivity index (χ2n) is 2.66. The Hall–Kier alpha value is -0.810. The summed E-state index contributed by atoms with van der Waals surface area (Å²) in [5, 5.41) is 10.2. The second-order valence-corrected chi connectivity index (χ2v) is 3.02. The van der Waals surface area contributed by atoms with E-state index in [0.29, 0.717) is 11.2 Å². The first kappa shape index (κ1) is 7.82. The van der Waals surface area contributed by atoms with Crippen LogP contribution < -0.4 is 10.2 Å². The average molecular weight is 188 g/mol. The first-order valence-corrected chi connectivity index (χ1v) is 4.27. The largest absolute Gasteiger partial charge is 0.337 e. The lowest BCUT2D eigenvalue weighted by Gasteiger charge is -2.25. The number of piperazine rings is 1. The summed E-state index contributed by atoms with van der Waals surface area (Å²) in [5.74, 6) is 0.696.